The minimum atomic E-state index is -0.0759. The number of amides is 1. The maximum absolute atomic E-state index is 13.3. The van der Waals surface area contributed by atoms with Crippen molar-refractivity contribution in [1.82, 2.24) is 10.1 Å². The van der Waals surface area contributed by atoms with Gasteiger partial charge in [0.1, 0.15) is 12.4 Å². The van der Waals surface area contributed by atoms with Crippen molar-refractivity contribution >= 4 is 5.91 Å². The minimum absolute atomic E-state index is 0.0759. The second-order valence-electron chi connectivity index (χ2n) is 9.14. The quantitative estimate of drug-likeness (QED) is 0.702. The van der Waals surface area contributed by atoms with Crippen molar-refractivity contribution in [1.29, 1.82) is 0 Å². The summed E-state index contributed by atoms with van der Waals surface area (Å²) in [6.07, 6.45) is 10.4. The highest BCUT2D eigenvalue weighted by atomic mass is 16.5. The second-order valence-corrected chi connectivity index (χ2v) is 9.14. The van der Waals surface area contributed by atoms with Crippen molar-refractivity contribution in [2.24, 2.45) is 5.92 Å². The molecule has 3 aliphatic rings. The zero-order valence-corrected chi connectivity index (χ0v) is 18.4. The molecule has 1 aliphatic heterocycles. The smallest absolute Gasteiger partial charge is 0.293 e. The van der Waals surface area contributed by atoms with Gasteiger partial charge in [0.05, 0.1) is 18.3 Å². The number of benzene rings is 1. The summed E-state index contributed by atoms with van der Waals surface area (Å²) in [5, 5.41) is 4.17. The van der Waals surface area contributed by atoms with E-state index in [0.717, 1.165) is 48.3 Å². The molecule has 31 heavy (non-hydrogen) atoms. The Morgan fingerprint density at radius 3 is 2.84 bits per heavy atom. The molecule has 6 nitrogen and oxygen atoms in total. The predicted molar refractivity (Wildman–Crippen MR) is 116 cm³/mol. The van der Waals surface area contributed by atoms with Crippen LogP contribution in [0.4, 0.5) is 0 Å². The van der Waals surface area contributed by atoms with Crippen LogP contribution in [0.5, 0.6) is 5.75 Å². The molecule has 0 radical (unpaired) electrons. The maximum Gasteiger partial charge on any atom is 0.293 e. The lowest BCUT2D eigenvalue weighted by molar-refractivity contribution is 0.0353. The average molecular weight is 425 g/mol. The Morgan fingerprint density at radius 2 is 2.00 bits per heavy atom. The van der Waals surface area contributed by atoms with Gasteiger partial charge >= 0.3 is 0 Å². The van der Waals surface area contributed by atoms with E-state index < -0.39 is 0 Å². The van der Waals surface area contributed by atoms with E-state index in [0.29, 0.717) is 31.4 Å². The summed E-state index contributed by atoms with van der Waals surface area (Å²) in [5.74, 6) is 1.76. The molecule has 1 atom stereocenters. The van der Waals surface area contributed by atoms with Gasteiger partial charge in [0.2, 0.25) is 5.76 Å². The number of methoxy groups -OCH3 is 1. The summed E-state index contributed by atoms with van der Waals surface area (Å²) < 4.78 is 17.5. The van der Waals surface area contributed by atoms with Gasteiger partial charge in [-0.3, -0.25) is 4.79 Å². The first-order chi connectivity index (χ1) is 15.2. The van der Waals surface area contributed by atoms with Crippen LogP contribution in [0.2, 0.25) is 0 Å². The Kier molecular flexibility index (Phi) is 5.99. The van der Waals surface area contributed by atoms with E-state index in [4.69, 9.17) is 14.0 Å². The van der Waals surface area contributed by atoms with Crippen LogP contribution in [0.15, 0.2) is 22.7 Å². The van der Waals surface area contributed by atoms with Crippen molar-refractivity contribution in [3.8, 4) is 5.75 Å². The largest absolute Gasteiger partial charge is 0.491 e. The van der Waals surface area contributed by atoms with E-state index in [1.807, 2.05) is 18.1 Å². The average Bonchev–Trinajstić information content (AvgIpc) is 3.12. The molecule has 5 rings (SSSR count). The number of ether oxygens (including phenoxy) is 2. The third-order valence-electron chi connectivity index (χ3n) is 7.17. The Bertz CT molecular complexity index is 932. The number of carbonyl (C=O) groups is 1. The third kappa shape index (κ3) is 4.10. The molecule has 0 N–H and O–H groups in total. The van der Waals surface area contributed by atoms with Crippen LogP contribution in [0, 0.1) is 5.92 Å². The first-order valence-electron chi connectivity index (χ1n) is 11.8. The molecule has 2 aromatic rings. The number of aromatic nitrogens is 1. The molecule has 166 valence electrons. The van der Waals surface area contributed by atoms with Gasteiger partial charge in [-0.25, -0.2) is 0 Å². The van der Waals surface area contributed by atoms with Crippen LogP contribution in [0.25, 0.3) is 0 Å². The van der Waals surface area contributed by atoms with Gasteiger partial charge in [-0.1, -0.05) is 30.5 Å². The monoisotopic (exact) mass is 424 g/mol. The Balaban J connectivity index is 1.39. The summed E-state index contributed by atoms with van der Waals surface area (Å²) in [6, 6.07) is 6.36. The highest BCUT2D eigenvalue weighted by molar-refractivity contribution is 5.93. The maximum atomic E-state index is 13.3. The van der Waals surface area contributed by atoms with Crippen molar-refractivity contribution in [3.63, 3.8) is 0 Å². The second kappa shape index (κ2) is 9.03. The molecule has 1 aromatic heterocycles. The number of carbonyl (C=O) groups excluding carboxylic acids is 1. The summed E-state index contributed by atoms with van der Waals surface area (Å²) in [7, 11) is 1.81. The lowest BCUT2D eigenvalue weighted by Crippen LogP contribution is -2.33. The normalized spacial score (nSPS) is 20.4. The van der Waals surface area contributed by atoms with E-state index in [1.165, 1.54) is 37.7 Å². The molecule has 1 amide bonds. The topological polar surface area (TPSA) is 64.8 Å². The molecule has 1 fully saturated rings. The van der Waals surface area contributed by atoms with E-state index in [1.54, 1.807) is 0 Å². The van der Waals surface area contributed by atoms with Gasteiger partial charge in [0, 0.05) is 24.8 Å². The van der Waals surface area contributed by atoms with Gasteiger partial charge in [0.15, 0.2) is 0 Å². The predicted octanol–water partition coefficient (Wildman–Crippen LogP) is 4.86. The van der Waals surface area contributed by atoms with Crippen molar-refractivity contribution in [3.05, 3.63) is 46.3 Å². The van der Waals surface area contributed by atoms with Crippen LogP contribution < -0.4 is 4.74 Å². The number of nitrogens with zero attached hydrogens (tertiary/aromatic N) is 2. The van der Waals surface area contributed by atoms with Gasteiger partial charge in [-0.2, -0.15) is 0 Å². The zero-order valence-electron chi connectivity index (χ0n) is 18.4. The summed E-state index contributed by atoms with van der Waals surface area (Å²) >= 11 is 0. The van der Waals surface area contributed by atoms with E-state index in [9.17, 15) is 4.79 Å². The summed E-state index contributed by atoms with van der Waals surface area (Å²) in [5.41, 5.74) is 4.18. The fourth-order valence-corrected chi connectivity index (χ4v) is 5.50. The highest BCUT2D eigenvalue weighted by Crippen LogP contribution is 2.38. The van der Waals surface area contributed by atoms with Gasteiger partial charge in [-0.05, 0) is 62.1 Å². The zero-order chi connectivity index (χ0) is 21.2. The number of rotatable bonds is 4. The Hall–Kier alpha value is -2.34. The first kappa shape index (κ1) is 20.6. The standard InChI is InChI=1S/C25H32N2O4/c1-29-23(17-7-3-2-4-8-17)18-11-12-22-19(15-18)16-27(13-14-30-22)25(28)24-20-9-5-6-10-21(20)26-31-24/h11-12,15,17,23H,2-10,13-14,16H2,1H3/t23-/m1/s1. The van der Waals surface area contributed by atoms with Crippen LogP contribution in [-0.4, -0.2) is 36.2 Å². The molecular weight excluding hydrogens is 392 g/mol. The molecule has 0 bridgehead atoms. The van der Waals surface area contributed by atoms with Gasteiger partial charge in [0.25, 0.3) is 5.91 Å². The molecule has 0 unspecified atom stereocenters. The number of fused-ring (bicyclic) bond motifs is 2. The number of hydrogen-bond donors (Lipinski definition) is 0. The molecule has 6 heteroatoms. The van der Waals surface area contributed by atoms with E-state index in [-0.39, 0.29) is 12.0 Å². The molecule has 1 saturated carbocycles. The molecule has 0 saturated heterocycles. The number of aryl methyl sites for hydroxylation is 1. The van der Waals surface area contributed by atoms with Gasteiger partial charge < -0.3 is 18.9 Å². The molecular formula is C25H32N2O4. The van der Waals surface area contributed by atoms with Crippen LogP contribution >= 0.6 is 0 Å². The van der Waals surface area contributed by atoms with Crippen molar-refractivity contribution < 1.29 is 18.8 Å². The molecule has 2 aliphatic carbocycles. The fourth-order valence-electron chi connectivity index (χ4n) is 5.50. The molecule has 2 heterocycles. The SMILES string of the molecule is CO[C@@H](c1ccc2c(c1)CN(C(=O)c1onc3c1CCCC3)CCO2)C1CCCCC1. The Labute approximate surface area is 183 Å². The highest BCUT2D eigenvalue weighted by Gasteiger charge is 2.30. The summed E-state index contributed by atoms with van der Waals surface area (Å²) in [6.45, 7) is 1.53. The van der Waals surface area contributed by atoms with E-state index in [2.05, 4.69) is 17.3 Å². The minimum Gasteiger partial charge on any atom is -0.491 e. The number of hydrogen-bond acceptors (Lipinski definition) is 5. The molecule has 1 aromatic carbocycles. The van der Waals surface area contributed by atoms with Crippen LogP contribution in [0.3, 0.4) is 0 Å². The lowest BCUT2D eigenvalue weighted by atomic mass is 9.82. The first-order valence-corrected chi connectivity index (χ1v) is 11.8. The van der Waals surface area contributed by atoms with Gasteiger partial charge in [-0.15, -0.1) is 0 Å². The van der Waals surface area contributed by atoms with E-state index >= 15 is 0 Å². The van der Waals surface area contributed by atoms with Crippen LogP contribution in [0.1, 0.15) is 84.0 Å². The summed E-state index contributed by atoms with van der Waals surface area (Å²) in [4.78, 5) is 15.2. The lowest BCUT2D eigenvalue weighted by Gasteiger charge is -2.30. The fraction of sp³-hybridized carbons (Fsp3) is 0.600. The Morgan fingerprint density at radius 1 is 1.16 bits per heavy atom. The van der Waals surface area contributed by atoms with Crippen molar-refractivity contribution in [2.75, 3.05) is 20.3 Å². The molecule has 0 spiro atoms. The van der Waals surface area contributed by atoms with Crippen molar-refractivity contribution in [2.45, 2.75) is 70.4 Å². The van der Waals surface area contributed by atoms with Crippen LogP contribution in [-0.2, 0) is 24.1 Å². The third-order valence-corrected chi connectivity index (χ3v) is 7.17.